The van der Waals surface area contributed by atoms with Crippen molar-refractivity contribution in [2.45, 2.75) is 30.7 Å². The molecule has 4 N–H and O–H groups in total. The Morgan fingerprint density at radius 1 is 1.33 bits per heavy atom. The summed E-state index contributed by atoms with van der Waals surface area (Å²) in [5, 5.41) is 48.8. The number of rotatable bonds is 4. The number of hydrogen-bond acceptors (Lipinski definition) is 9. The Balaban J connectivity index is 2.20. The molecule has 1 aliphatic heterocycles. The highest BCUT2D eigenvalue weighted by Crippen LogP contribution is 2.28. The predicted octanol–water partition coefficient (Wildman–Crippen LogP) is -1.83. The van der Waals surface area contributed by atoms with E-state index >= 15 is 0 Å². The van der Waals surface area contributed by atoms with Crippen molar-refractivity contribution in [3.05, 3.63) is 28.4 Å². The van der Waals surface area contributed by atoms with Crippen LogP contribution in [0.15, 0.2) is 18.3 Å². The van der Waals surface area contributed by atoms with Gasteiger partial charge in [-0.2, -0.15) is 0 Å². The van der Waals surface area contributed by atoms with Crippen molar-refractivity contribution in [2.75, 3.05) is 6.61 Å². The summed E-state index contributed by atoms with van der Waals surface area (Å²) >= 11 is 0. The minimum Gasteiger partial charge on any atom is -0.453 e. The van der Waals surface area contributed by atoms with Crippen molar-refractivity contribution >= 4 is 5.82 Å². The van der Waals surface area contributed by atoms with Crippen LogP contribution in [0.5, 0.6) is 5.75 Å². The summed E-state index contributed by atoms with van der Waals surface area (Å²) in [5.74, 6) is -0.860. The van der Waals surface area contributed by atoms with Gasteiger partial charge in [-0.3, -0.25) is 0 Å². The second-order valence-corrected chi connectivity index (χ2v) is 4.40. The summed E-state index contributed by atoms with van der Waals surface area (Å²) in [4.78, 5) is 13.6. The fourth-order valence-electron chi connectivity index (χ4n) is 1.90. The number of pyridine rings is 1. The smallest absolute Gasteiger partial charge is 0.406 e. The van der Waals surface area contributed by atoms with Gasteiger partial charge in [-0.25, -0.2) is 0 Å². The molecule has 0 aromatic carbocycles. The maximum absolute atomic E-state index is 10.8. The third-order valence-electron chi connectivity index (χ3n) is 3.02. The Morgan fingerprint density at radius 3 is 2.67 bits per heavy atom. The van der Waals surface area contributed by atoms with Gasteiger partial charge in [0.15, 0.2) is 0 Å². The molecule has 1 saturated heterocycles. The molecule has 1 aliphatic rings. The molecule has 0 amide bonds. The molecule has 0 unspecified atom stereocenters. The molecule has 10 nitrogen and oxygen atoms in total. The van der Waals surface area contributed by atoms with E-state index in [0.717, 1.165) is 0 Å². The van der Waals surface area contributed by atoms with Crippen LogP contribution in [0.3, 0.4) is 0 Å². The lowest BCUT2D eigenvalue weighted by Gasteiger charge is -2.39. The van der Waals surface area contributed by atoms with Crippen LogP contribution in [0, 0.1) is 10.1 Å². The van der Waals surface area contributed by atoms with E-state index in [0.29, 0.717) is 0 Å². The van der Waals surface area contributed by atoms with Crippen molar-refractivity contribution in [3.8, 4) is 5.75 Å². The Labute approximate surface area is 118 Å². The second-order valence-electron chi connectivity index (χ2n) is 4.40. The van der Waals surface area contributed by atoms with Crippen LogP contribution in [0.25, 0.3) is 0 Å². The van der Waals surface area contributed by atoms with Gasteiger partial charge in [0, 0.05) is 0 Å². The van der Waals surface area contributed by atoms with Crippen LogP contribution in [0.2, 0.25) is 0 Å². The summed E-state index contributed by atoms with van der Waals surface area (Å²) in [5.41, 5.74) is 0. The van der Waals surface area contributed by atoms with Gasteiger partial charge in [0.1, 0.15) is 30.6 Å². The van der Waals surface area contributed by atoms with Crippen molar-refractivity contribution in [3.63, 3.8) is 0 Å². The van der Waals surface area contributed by atoms with E-state index in [4.69, 9.17) is 14.6 Å². The molecule has 116 valence electrons. The van der Waals surface area contributed by atoms with Crippen LogP contribution in [-0.4, -0.2) is 67.6 Å². The highest BCUT2D eigenvalue weighted by molar-refractivity contribution is 5.38. The maximum Gasteiger partial charge on any atom is 0.406 e. The molecule has 0 bridgehead atoms. The van der Waals surface area contributed by atoms with Crippen molar-refractivity contribution in [1.29, 1.82) is 0 Å². The Kier molecular flexibility index (Phi) is 4.65. The van der Waals surface area contributed by atoms with Gasteiger partial charge in [-0.1, -0.05) is 0 Å². The zero-order chi connectivity index (χ0) is 15.6. The van der Waals surface area contributed by atoms with Gasteiger partial charge < -0.3 is 40.0 Å². The van der Waals surface area contributed by atoms with Gasteiger partial charge in [-0.05, 0) is 22.0 Å². The summed E-state index contributed by atoms with van der Waals surface area (Å²) < 4.78 is 10.2. The number of nitrogens with zero attached hydrogens (tertiary/aromatic N) is 2. The maximum atomic E-state index is 10.8. The summed E-state index contributed by atoms with van der Waals surface area (Å²) in [6.07, 6.45) is -6.28. The van der Waals surface area contributed by atoms with Crippen LogP contribution in [0.1, 0.15) is 0 Å². The standard InChI is InChI=1S/C11H14N2O8/c14-4-6-7(15)8(16)9(17)11(21-6)20-5-2-1-3-12-10(5)13(18)19/h1-3,6-9,11,14-17H,4H2/t6-,7+,8+,9-,11-/m1/s1. The molecule has 1 fully saturated rings. The average Bonchev–Trinajstić information content (AvgIpc) is 2.48. The fraction of sp³-hybridized carbons (Fsp3) is 0.545. The first-order chi connectivity index (χ1) is 9.95. The first kappa shape index (κ1) is 15.5. The first-order valence-electron chi connectivity index (χ1n) is 6.02. The predicted molar refractivity (Wildman–Crippen MR) is 65.3 cm³/mol. The monoisotopic (exact) mass is 302 g/mol. The molecule has 5 atom stereocenters. The molecule has 0 aliphatic carbocycles. The van der Waals surface area contributed by atoms with Gasteiger partial charge in [0.2, 0.25) is 12.0 Å². The third kappa shape index (κ3) is 3.09. The lowest BCUT2D eigenvalue weighted by atomic mass is 9.99. The fourth-order valence-corrected chi connectivity index (χ4v) is 1.90. The SMILES string of the molecule is O=[N+]([O-])c1ncccc1O[C@@H]1O[C@H](CO)[C@H](O)[C@H](O)[C@H]1O. The zero-order valence-corrected chi connectivity index (χ0v) is 10.6. The van der Waals surface area contributed by atoms with E-state index in [9.17, 15) is 25.4 Å². The van der Waals surface area contributed by atoms with Gasteiger partial charge >= 0.3 is 5.82 Å². The highest BCUT2D eigenvalue weighted by Gasteiger charge is 2.45. The lowest BCUT2D eigenvalue weighted by Crippen LogP contribution is -2.60. The number of aliphatic hydroxyl groups excluding tert-OH is 4. The summed E-state index contributed by atoms with van der Waals surface area (Å²) in [6.45, 7) is -0.625. The van der Waals surface area contributed by atoms with E-state index in [1.165, 1.54) is 18.3 Å². The van der Waals surface area contributed by atoms with Crippen LogP contribution in [-0.2, 0) is 4.74 Å². The normalized spacial score (nSPS) is 32.7. The Bertz CT molecular complexity index is 511. The molecule has 1 aromatic rings. The minimum atomic E-state index is -1.65. The number of aromatic nitrogens is 1. The minimum absolute atomic E-state index is 0.271. The van der Waals surface area contributed by atoms with Crippen molar-refractivity contribution < 1.29 is 34.8 Å². The number of aliphatic hydroxyl groups is 4. The zero-order valence-electron chi connectivity index (χ0n) is 10.6. The molecule has 21 heavy (non-hydrogen) atoms. The van der Waals surface area contributed by atoms with E-state index in [-0.39, 0.29) is 5.75 Å². The largest absolute Gasteiger partial charge is 0.453 e. The molecule has 0 saturated carbocycles. The van der Waals surface area contributed by atoms with Crippen LogP contribution >= 0.6 is 0 Å². The van der Waals surface area contributed by atoms with Gasteiger partial charge in [0.05, 0.1) is 6.61 Å². The van der Waals surface area contributed by atoms with Crippen molar-refractivity contribution in [1.82, 2.24) is 4.98 Å². The van der Waals surface area contributed by atoms with Gasteiger partial charge in [0.25, 0.3) is 0 Å². The van der Waals surface area contributed by atoms with E-state index in [1.807, 2.05) is 0 Å². The molecule has 2 rings (SSSR count). The topological polar surface area (TPSA) is 155 Å². The molecule has 0 spiro atoms. The number of hydrogen-bond donors (Lipinski definition) is 4. The third-order valence-corrected chi connectivity index (χ3v) is 3.02. The van der Waals surface area contributed by atoms with Gasteiger partial charge in [-0.15, -0.1) is 0 Å². The molecular weight excluding hydrogens is 288 g/mol. The molecular formula is C11H14N2O8. The molecule has 1 aromatic heterocycles. The van der Waals surface area contributed by atoms with E-state index in [1.54, 1.807) is 0 Å². The number of nitro groups is 1. The lowest BCUT2D eigenvalue weighted by molar-refractivity contribution is -0.391. The van der Waals surface area contributed by atoms with Crippen LogP contribution < -0.4 is 4.74 Å². The van der Waals surface area contributed by atoms with Crippen molar-refractivity contribution in [2.24, 2.45) is 0 Å². The quantitative estimate of drug-likeness (QED) is 0.371. The Morgan fingerprint density at radius 2 is 2.05 bits per heavy atom. The molecule has 10 heteroatoms. The summed E-state index contributed by atoms with van der Waals surface area (Å²) in [6, 6.07) is 2.62. The van der Waals surface area contributed by atoms with E-state index < -0.39 is 48.1 Å². The Hall–Kier alpha value is -1.85. The molecule has 0 radical (unpaired) electrons. The second kappa shape index (κ2) is 6.28. The molecule has 2 heterocycles. The van der Waals surface area contributed by atoms with Crippen LogP contribution in [0.4, 0.5) is 5.82 Å². The first-order valence-corrected chi connectivity index (χ1v) is 6.02. The van der Waals surface area contributed by atoms with E-state index in [2.05, 4.69) is 4.98 Å². The number of ether oxygens (including phenoxy) is 2. The summed E-state index contributed by atoms with van der Waals surface area (Å²) in [7, 11) is 0. The average molecular weight is 302 g/mol. The highest BCUT2D eigenvalue weighted by atomic mass is 16.7.